The molecule has 4 nitrogen and oxygen atoms in total. The topological polar surface area (TPSA) is 47.6 Å². The molecule has 1 aliphatic heterocycles. The maximum Gasteiger partial charge on any atom is 0.230 e. The highest BCUT2D eigenvalue weighted by molar-refractivity contribution is 5.91. The van der Waals surface area contributed by atoms with Gasteiger partial charge in [0.1, 0.15) is 0 Å². The lowest BCUT2D eigenvalue weighted by molar-refractivity contribution is -0.126. The van der Waals surface area contributed by atoms with Gasteiger partial charge >= 0.3 is 0 Å². The molecule has 1 N–H and O–H groups in total. The summed E-state index contributed by atoms with van der Waals surface area (Å²) in [6.45, 7) is 8.96. The van der Waals surface area contributed by atoms with Crippen LogP contribution in [0.4, 0.5) is 0 Å². The third kappa shape index (κ3) is 3.59. The van der Waals surface area contributed by atoms with Crippen LogP contribution in [0.1, 0.15) is 44.7 Å². The molecule has 0 bridgehead atoms. The second kappa shape index (κ2) is 6.25. The van der Waals surface area contributed by atoms with Gasteiger partial charge in [-0.25, -0.2) is 0 Å². The summed E-state index contributed by atoms with van der Waals surface area (Å²) >= 11 is 0. The van der Waals surface area contributed by atoms with Crippen LogP contribution in [0.15, 0.2) is 24.3 Å². The zero-order valence-electron chi connectivity index (χ0n) is 14.4. The van der Waals surface area contributed by atoms with Crippen molar-refractivity contribution in [2.75, 3.05) is 26.4 Å². The molecule has 4 heteroatoms. The van der Waals surface area contributed by atoms with E-state index in [-0.39, 0.29) is 22.8 Å². The monoisotopic (exact) mass is 317 g/mol. The molecule has 0 spiro atoms. The first-order valence-corrected chi connectivity index (χ1v) is 8.50. The van der Waals surface area contributed by atoms with E-state index < -0.39 is 0 Å². The molecular formula is C19H27NO3. The van der Waals surface area contributed by atoms with Crippen LogP contribution in [0.5, 0.6) is 0 Å². The first-order chi connectivity index (χ1) is 10.9. The Kier molecular flexibility index (Phi) is 4.47. The highest BCUT2D eigenvalue weighted by Crippen LogP contribution is 2.48. The van der Waals surface area contributed by atoms with Crippen molar-refractivity contribution in [1.82, 2.24) is 5.32 Å². The van der Waals surface area contributed by atoms with Crippen molar-refractivity contribution >= 4 is 5.91 Å². The van der Waals surface area contributed by atoms with Gasteiger partial charge in [-0.1, -0.05) is 45.0 Å². The molecule has 1 amide bonds. The lowest BCUT2D eigenvalue weighted by Crippen LogP contribution is -2.43. The average Bonchev–Trinajstić information content (AvgIpc) is 3.35. The van der Waals surface area contributed by atoms with E-state index in [1.165, 1.54) is 5.56 Å². The van der Waals surface area contributed by atoms with Gasteiger partial charge in [-0.2, -0.15) is 0 Å². The summed E-state index contributed by atoms with van der Waals surface area (Å²) in [5.74, 6) is 0.121. The van der Waals surface area contributed by atoms with Crippen molar-refractivity contribution in [2.24, 2.45) is 0 Å². The molecule has 0 aromatic heterocycles. The Morgan fingerprint density at radius 3 is 2.43 bits per heavy atom. The Balaban J connectivity index is 1.63. The van der Waals surface area contributed by atoms with E-state index >= 15 is 0 Å². The Bertz CT molecular complexity index is 549. The summed E-state index contributed by atoms with van der Waals surface area (Å²) in [7, 11) is 0. The van der Waals surface area contributed by atoms with Crippen molar-refractivity contribution in [2.45, 2.75) is 50.5 Å². The Morgan fingerprint density at radius 1 is 1.22 bits per heavy atom. The molecule has 0 radical (unpaired) electrons. The third-order valence-corrected chi connectivity index (χ3v) is 4.86. The zero-order chi connectivity index (χ0) is 16.5. The van der Waals surface area contributed by atoms with Gasteiger partial charge in [0.05, 0.1) is 31.3 Å². The van der Waals surface area contributed by atoms with E-state index in [1.807, 2.05) is 0 Å². The molecular weight excluding hydrogens is 290 g/mol. The Morgan fingerprint density at radius 2 is 1.91 bits per heavy atom. The Labute approximate surface area is 138 Å². The van der Waals surface area contributed by atoms with E-state index in [2.05, 4.69) is 50.4 Å². The van der Waals surface area contributed by atoms with Gasteiger partial charge < -0.3 is 14.8 Å². The van der Waals surface area contributed by atoms with Crippen LogP contribution < -0.4 is 5.32 Å². The molecule has 23 heavy (non-hydrogen) atoms. The summed E-state index contributed by atoms with van der Waals surface area (Å²) in [5, 5.41) is 3.05. The normalized spacial score (nSPS) is 23.3. The van der Waals surface area contributed by atoms with E-state index in [9.17, 15) is 4.79 Å². The maximum absolute atomic E-state index is 12.6. The number of ether oxygens (including phenoxy) is 2. The summed E-state index contributed by atoms with van der Waals surface area (Å²) in [5.41, 5.74) is 2.23. The highest BCUT2D eigenvalue weighted by Gasteiger charge is 2.51. The van der Waals surface area contributed by atoms with Gasteiger partial charge in [-0.05, 0) is 29.4 Å². The SMILES string of the molecule is CC(C)(C)c1ccc(C2(C(=O)NC[C@@H]3COCCO3)CC2)cc1. The molecule has 126 valence electrons. The lowest BCUT2D eigenvalue weighted by atomic mass is 9.85. The molecule has 2 aliphatic rings. The van der Waals surface area contributed by atoms with E-state index in [1.54, 1.807) is 0 Å². The molecule has 2 fully saturated rings. The summed E-state index contributed by atoms with van der Waals surface area (Å²) in [4.78, 5) is 12.6. The zero-order valence-corrected chi connectivity index (χ0v) is 14.4. The number of carbonyl (C=O) groups is 1. The van der Waals surface area contributed by atoms with Gasteiger partial charge in [0.2, 0.25) is 5.91 Å². The second-order valence-electron chi connectivity index (χ2n) is 7.69. The molecule has 3 rings (SSSR count). The quantitative estimate of drug-likeness (QED) is 0.928. The van der Waals surface area contributed by atoms with Crippen molar-refractivity contribution < 1.29 is 14.3 Å². The van der Waals surface area contributed by atoms with Gasteiger partial charge in [0, 0.05) is 6.54 Å². The smallest absolute Gasteiger partial charge is 0.230 e. The predicted octanol–water partition coefficient (Wildman–Crippen LogP) is 2.55. The molecule has 1 saturated carbocycles. The van der Waals surface area contributed by atoms with Gasteiger partial charge in [0.15, 0.2) is 0 Å². The number of amides is 1. The van der Waals surface area contributed by atoms with E-state index in [0.717, 1.165) is 18.4 Å². The fourth-order valence-electron chi connectivity index (χ4n) is 3.09. The Hall–Kier alpha value is -1.39. The fraction of sp³-hybridized carbons (Fsp3) is 0.632. The minimum atomic E-state index is -0.327. The molecule has 1 atom stereocenters. The van der Waals surface area contributed by atoms with E-state index in [4.69, 9.17) is 9.47 Å². The van der Waals surface area contributed by atoms with Crippen LogP contribution in [-0.2, 0) is 25.1 Å². The first-order valence-electron chi connectivity index (χ1n) is 8.50. The summed E-state index contributed by atoms with van der Waals surface area (Å²) < 4.78 is 10.9. The summed E-state index contributed by atoms with van der Waals surface area (Å²) in [6, 6.07) is 8.54. The van der Waals surface area contributed by atoms with Gasteiger partial charge in [0.25, 0.3) is 0 Å². The average molecular weight is 317 g/mol. The first kappa shape index (κ1) is 16.5. The molecule has 1 heterocycles. The van der Waals surface area contributed by atoms with Crippen molar-refractivity contribution in [3.05, 3.63) is 35.4 Å². The number of nitrogens with one attached hydrogen (secondary N) is 1. The molecule has 1 aliphatic carbocycles. The third-order valence-electron chi connectivity index (χ3n) is 4.86. The van der Waals surface area contributed by atoms with Crippen molar-refractivity contribution in [3.63, 3.8) is 0 Å². The number of benzene rings is 1. The van der Waals surface area contributed by atoms with Crippen LogP contribution in [0.3, 0.4) is 0 Å². The minimum Gasteiger partial charge on any atom is -0.376 e. The molecule has 1 aromatic rings. The number of rotatable bonds is 4. The fourth-order valence-corrected chi connectivity index (χ4v) is 3.09. The van der Waals surface area contributed by atoms with Crippen LogP contribution in [-0.4, -0.2) is 38.4 Å². The number of hydrogen-bond donors (Lipinski definition) is 1. The van der Waals surface area contributed by atoms with Gasteiger partial charge in [-0.15, -0.1) is 0 Å². The van der Waals surface area contributed by atoms with Crippen LogP contribution in [0.25, 0.3) is 0 Å². The summed E-state index contributed by atoms with van der Waals surface area (Å²) in [6.07, 6.45) is 1.83. The molecule has 1 saturated heterocycles. The largest absolute Gasteiger partial charge is 0.376 e. The maximum atomic E-state index is 12.6. The molecule has 1 aromatic carbocycles. The van der Waals surface area contributed by atoms with Crippen LogP contribution in [0.2, 0.25) is 0 Å². The predicted molar refractivity (Wildman–Crippen MR) is 89.6 cm³/mol. The second-order valence-corrected chi connectivity index (χ2v) is 7.69. The highest BCUT2D eigenvalue weighted by atomic mass is 16.6. The number of hydrogen-bond acceptors (Lipinski definition) is 3. The van der Waals surface area contributed by atoms with Crippen molar-refractivity contribution in [3.8, 4) is 0 Å². The van der Waals surface area contributed by atoms with Crippen LogP contribution >= 0.6 is 0 Å². The van der Waals surface area contributed by atoms with Gasteiger partial charge in [-0.3, -0.25) is 4.79 Å². The standard InChI is InChI=1S/C19H27NO3/c1-18(2,3)14-4-6-15(7-5-14)19(8-9-19)17(21)20-12-16-13-22-10-11-23-16/h4-7,16H,8-13H2,1-3H3,(H,20,21)/t16-/m1/s1. The van der Waals surface area contributed by atoms with E-state index in [0.29, 0.717) is 26.4 Å². The lowest BCUT2D eigenvalue weighted by Gasteiger charge is -2.25. The molecule has 0 unspecified atom stereocenters. The van der Waals surface area contributed by atoms with Crippen molar-refractivity contribution in [1.29, 1.82) is 0 Å². The van der Waals surface area contributed by atoms with Crippen LogP contribution in [0, 0.1) is 0 Å². The number of carbonyl (C=O) groups excluding carboxylic acids is 1. The minimum absolute atomic E-state index is 0.0215.